The number of sulfonamides is 1. The second-order valence-electron chi connectivity index (χ2n) is 6.75. The van der Waals surface area contributed by atoms with Gasteiger partial charge in [0.05, 0.1) is 22.1 Å². The van der Waals surface area contributed by atoms with Gasteiger partial charge in [-0.2, -0.15) is 4.31 Å². The average Bonchev–Trinajstić information content (AvgIpc) is 2.98. The SMILES string of the molecule is Cc1nc(CNc2ccc(S(=O)(=O)N3CCN(C)CC3)cc2[N+](=O)[O-])sc1C. The molecule has 0 saturated carbocycles. The van der Waals surface area contributed by atoms with E-state index in [9.17, 15) is 18.5 Å². The van der Waals surface area contributed by atoms with Gasteiger partial charge in [-0.05, 0) is 33.0 Å². The Morgan fingerprint density at radius 3 is 2.50 bits per heavy atom. The predicted octanol–water partition coefficient (Wildman–Crippen LogP) is 2.22. The maximum Gasteiger partial charge on any atom is 0.293 e. The van der Waals surface area contributed by atoms with Crippen molar-refractivity contribution in [2.24, 2.45) is 0 Å². The van der Waals surface area contributed by atoms with Gasteiger partial charge in [-0.3, -0.25) is 10.1 Å². The average molecular weight is 426 g/mol. The Labute approximate surface area is 168 Å². The second-order valence-corrected chi connectivity index (χ2v) is 9.97. The maximum absolute atomic E-state index is 12.9. The molecule has 0 atom stereocenters. The highest BCUT2D eigenvalue weighted by Crippen LogP contribution is 2.30. The van der Waals surface area contributed by atoms with Gasteiger partial charge < -0.3 is 10.2 Å². The van der Waals surface area contributed by atoms with Gasteiger partial charge in [-0.1, -0.05) is 0 Å². The number of rotatable bonds is 6. The van der Waals surface area contributed by atoms with Crippen molar-refractivity contribution in [3.05, 3.63) is 43.9 Å². The number of hydrogen-bond donors (Lipinski definition) is 1. The monoisotopic (exact) mass is 425 g/mol. The van der Waals surface area contributed by atoms with E-state index in [0.717, 1.165) is 21.6 Å². The van der Waals surface area contributed by atoms with E-state index in [4.69, 9.17) is 0 Å². The fraction of sp³-hybridized carbons (Fsp3) is 0.471. The summed E-state index contributed by atoms with van der Waals surface area (Å²) in [6.07, 6.45) is 0. The Bertz CT molecular complexity index is 962. The minimum Gasteiger partial charge on any atom is -0.373 e. The van der Waals surface area contributed by atoms with E-state index >= 15 is 0 Å². The summed E-state index contributed by atoms with van der Waals surface area (Å²) in [4.78, 5) is 18.4. The number of aryl methyl sites for hydroxylation is 2. The Morgan fingerprint density at radius 1 is 1.25 bits per heavy atom. The summed E-state index contributed by atoms with van der Waals surface area (Å²) in [7, 11) is -1.83. The first-order chi connectivity index (χ1) is 13.2. The standard InChI is InChI=1S/C17H23N5O4S2/c1-12-13(2)27-17(19-12)11-18-15-5-4-14(10-16(15)22(23)24)28(25,26)21-8-6-20(3)7-9-21/h4-5,10,18H,6-9,11H2,1-3H3. The van der Waals surface area contributed by atoms with E-state index < -0.39 is 14.9 Å². The minimum atomic E-state index is -3.76. The lowest BCUT2D eigenvalue weighted by Crippen LogP contribution is -2.47. The molecule has 2 aromatic rings. The molecule has 0 aliphatic carbocycles. The van der Waals surface area contributed by atoms with Crippen LogP contribution in [0.15, 0.2) is 23.1 Å². The zero-order chi connectivity index (χ0) is 20.5. The number of nitro benzene ring substituents is 1. The number of piperazine rings is 1. The third-order valence-corrected chi connectivity index (χ3v) is 7.74. The molecule has 9 nitrogen and oxygen atoms in total. The number of anilines is 1. The summed E-state index contributed by atoms with van der Waals surface area (Å²) in [6, 6.07) is 4.00. The maximum atomic E-state index is 12.9. The molecule has 2 heterocycles. The van der Waals surface area contributed by atoms with Crippen LogP contribution in [0.2, 0.25) is 0 Å². The van der Waals surface area contributed by atoms with Crippen LogP contribution in [0.1, 0.15) is 15.6 Å². The molecule has 1 N–H and O–H groups in total. The fourth-order valence-corrected chi connectivity index (χ4v) is 5.25. The van der Waals surface area contributed by atoms with Crippen LogP contribution in [-0.4, -0.2) is 60.8 Å². The lowest BCUT2D eigenvalue weighted by molar-refractivity contribution is -0.384. The van der Waals surface area contributed by atoms with Crippen LogP contribution < -0.4 is 5.32 Å². The van der Waals surface area contributed by atoms with Crippen LogP contribution >= 0.6 is 11.3 Å². The van der Waals surface area contributed by atoms with Crippen LogP contribution in [-0.2, 0) is 16.6 Å². The van der Waals surface area contributed by atoms with Gasteiger partial charge in [0.1, 0.15) is 10.7 Å². The van der Waals surface area contributed by atoms with E-state index in [1.165, 1.54) is 27.8 Å². The summed E-state index contributed by atoms with van der Waals surface area (Å²) >= 11 is 1.52. The van der Waals surface area contributed by atoms with E-state index in [1.54, 1.807) is 0 Å². The number of nitrogens with zero attached hydrogens (tertiary/aromatic N) is 4. The molecule has 1 aromatic heterocycles. The molecular weight excluding hydrogens is 402 g/mol. The minimum absolute atomic E-state index is 0.0600. The van der Waals surface area contributed by atoms with Crippen LogP contribution in [0, 0.1) is 24.0 Å². The van der Waals surface area contributed by atoms with E-state index in [2.05, 4.69) is 10.3 Å². The normalized spacial score (nSPS) is 16.2. The molecule has 3 rings (SSSR count). The molecule has 1 saturated heterocycles. The first kappa shape index (κ1) is 20.6. The van der Waals surface area contributed by atoms with Crippen LogP contribution in [0.5, 0.6) is 0 Å². The molecule has 0 unspecified atom stereocenters. The van der Waals surface area contributed by atoms with Crippen molar-refractivity contribution in [1.82, 2.24) is 14.2 Å². The summed E-state index contributed by atoms with van der Waals surface area (Å²) in [5, 5.41) is 15.4. The van der Waals surface area contributed by atoms with Crippen molar-refractivity contribution < 1.29 is 13.3 Å². The first-order valence-corrected chi connectivity index (χ1v) is 11.1. The Hall–Kier alpha value is -2.08. The molecule has 0 bridgehead atoms. The van der Waals surface area contributed by atoms with E-state index in [0.29, 0.717) is 32.7 Å². The largest absolute Gasteiger partial charge is 0.373 e. The Balaban J connectivity index is 1.83. The van der Waals surface area contributed by atoms with Gasteiger partial charge in [0.15, 0.2) is 0 Å². The number of nitrogens with one attached hydrogen (secondary N) is 1. The molecule has 0 amide bonds. The highest BCUT2D eigenvalue weighted by Gasteiger charge is 2.29. The number of hydrogen-bond acceptors (Lipinski definition) is 8. The van der Waals surface area contributed by atoms with Gasteiger partial charge in [0.25, 0.3) is 5.69 Å². The highest BCUT2D eigenvalue weighted by molar-refractivity contribution is 7.89. The Morgan fingerprint density at radius 2 is 1.93 bits per heavy atom. The first-order valence-electron chi connectivity index (χ1n) is 8.82. The second kappa shape index (κ2) is 8.11. The molecule has 1 fully saturated rings. The van der Waals surface area contributed by atoms with Crippen molar-refractivity contribution in [3.8, 4) is 0 Å². The van der Waals surface area contributed by atoms with Gasteiger partial charge >= 0.3 is 0 Å². The summed E-state index contributed by atoms with van der Waals surface area (Å²) in [5.41, 5.74) is 0.943. The van der Waals surface area contributed by atoms with Crippen molar-refractivity contribution in [1.29, 1.82) is 0 Å². The van der Waals surface area contributed by atoms with Crippen LogP contribution in [0.25, 0.3) is 0 Å². The lowest BCUT2D eigenvalue weighted by Gasteiger charge is -2.31. The van der Waals surface area contributed by atoms with Gasteiger partial charge in [-0.15, -0.1) is 11.3 Å². The number of benzene rings is 1. The van der Waals surface area contributed by atoms with Gasteiger partial charge in [-0.25, -0.2) is 13.4 Å². The summed E-state index contributed by atoms with van der Waals surface area (Å²) < 4.78 is 27.1. The third kappa shape index (κ3) is 4.32. The van der Waals surface area contributed by atoms with Crippen molar-refractivity contribution in [2.45, 2.75) is 25.3 Å². The topological polar surface area (TPSA) is 109 Å². The molecule has 1 aromatic carbocycles. The quantitative estimate of drug-likeness (QED) is 0.558. The molecule has 11 heteroatoms. The van der Waals surface area contributed by atoms with Crippen LogP contribution in [0.4, 0.5) is 11.4 Å². The molecule has 28 heavy (non-hydrogen) atoms. The molecule has 1 aliphatic rings. The smallest absolute Gasteiger partial charge is 0.293 e. The van der Waals surface area contributed by atoms with Crippen LogP contribution in [0.3, 0.4) is 0 Å². The van der Waals surface area contributed by atoms with E-state index in [-0.39, 0.29) is 16.3 Å². The summed E-state index contributed by atoms with van der Waals surface area (Å²) in [6.45, 7) is 6.23. The van der Waals surface area contributed by atoms with Gasteiger partial charge in [0.2, 0.25) is 10.0 Å². The van der Waals surface area contributed by atoms with Gasteiger partial charge in [0, 0.05) is 37.1 Å². The molecule has 1 aliphatic heterocycles. The Kier molecular flexibility index (Phi) is 5.98. The number of nitro groups is 1. The molecule has 0 spiro atoms. The summed E-state index contributed by atoms with van der Waals surface area (Å²) in [5.74, 6) is 0. The zero-order valence-electron chi connectivity index (χ0n) is 16.0. The molecule has 0 radical (unpaired) electrons. The highest BCUT2D eigenvalue weighted by atomic mass is 32.2. The zero-order valence-corrected chi connectivity index (χ0v) is 17.6. The predicted molar refractivity (Wildman–Crippen MR) is 108 cm³/mol. The van der Waals surface area contributed by atoms with Crippen molar-refractivity contribution >= 4 is 32.7 Å². The molecule has 152 valence electrons. The van der Waals surface area contributed by atoms with Crippen molar-refractivity contribution in [2.75, 3.05) is 38.5 Å². The fourth-order valence-electron chi connectivity index (χ4n) is 2.94. The van der Waals surface area contributed by atoms with Crippen molar-refractivity contribution in [3.63, 3.8) is 0 Å². The number of aromatic nitrogens is 1. The lowest BCUT2D eigenvalue weighted by atomic mass is 10.2. The number of thiazole rings is 1. The van der Waals surface area contributed by atoms with E-state index in [1.807, 2.05) is 25.8 Å². The third-order valence-electron chi connectivity index (χ3n) is 4.77. The molecular formula is C17H23N5O4S2. The number of likely N-dealkylation sites (N-methyl/N-ethyl adjacent to an activating group) is 1.